The molecule has 1 atom stereocenters. The quantitative estimate of drug-likeness (QED) is 0.789. The minimum Gasteiger partial charge on any atom is -0.465 e. The van der Waals surface area contributed by atoms with E-state index in [4.69, 9.17) is 4.42 Å². The van der Waals surface area contributed by atoms with E-state index in [1.54, 1.807) is 32.0 Å². The van der Waals surface area contributed by atoms with E-state index in [1.165, 1.54) is 25.3 Å². The van der Waals surface area contributed by atoms with Gasteiger partial charge in [-0.1, -0.05) is 12.1 Å². The van der Waals surface area contributed by atoms with Crippen molar-refractivity contribution in [2.75, 3.05) is 7.11 Å². The topological polar surface area (TPSA) is 87.7 Å². The molecule has 2 aromatic rings. The van der Waals surface area contributed by atoms with Gasteiger partial charge in [-0.3, -0.25) is 0 Å². The predicted octanol–water partition coefficient (Wildman–Crippen LogP) is 2.43. The second-order valence-electron chi connectivity index (χ2n) is 4.69. The molecule has 2 rings (SSSR count). The molecular formula is C15H16NO5S. The second-order valence-corrected chi connectivity index (χ2v) is 6.29. The predicted molar refractivity (Wildman–Crippen MR) is 79.0 cm³/mol. The van der Waals surface area contributed by atoms with Crippen molar-refractivity contribution in [3.8, 4) is 0 Å². The first-order valence-electron chi connectivity index (χ1n) is 6.56. The standard InChI is InChI=1S/C15H16NO5S/c1-10-8-9-13(21-10)11(2)16-22(18,19)14-7-5-4-6-12(14)15(17)20-3/h4-9,11H,1-3H3. The summed E-state index contributed by atoms with van der Waals surface area (Å²) in [4.78, 5) is 11.5. The fraction of sp³-hybridized carbons (Fsp3) is 0.267. The molecule has 0 aliphatic carbocycles. The molecule has 0 aliphatic rings. The van der Waals surface area contributed by atoms with Crippen molar-refractivity contribution in [3.63, 3.8) is 0 Å². The Bertz CT molecular complexity index is 779. The molecule has 0 saturated heterocycles. The van der Waals surface area contributed by atoms with E-state index in [9.17, 15) is 13.2 Å². The van der Waals surface area contributed by atoms with E-state index < -0.39 is 22.0 Å². The van der Waals surface area contributed by atoms with Crippen molar-refractivity contribution in [2.45, 2.75) is 24.8 Å². The summed E-state index contributed by atoms with van der Waals surface area (Å²) in [6.45, 7) is 3.37. The maximum Gasteiger partial charge on any atom is 0.339 e. The first kappa shape index (κ1) is 16.3. The Morgan fingerprint density at radius 2 is 1.91 bits per heavy atom. The molecule has 0 saturated carbocycles. The first-order valence-corrected chi connectivity index (χ1v) is 8.00. The Kier molecular flexibility index (Phi) is 4.68. The van der Waals surface area contributed by atoms with Gasteiger partial charge in [-0.15, -0.1) is 4.72 Å². The molecule has 0 bridgehead atoms. The number of carbonyl (C=O) groups is 1. The summed E-state index contributed by atoms with van der Waals surface area (Å²) < 4.78 is 38.7. The zero-order chi connectivity index (χ0) is 16.3. The van der Waals surface area contributed by atoms with Crippen molar-refractivity contribution in [2.24, 2.45) is 0 Å². The smallest absolute Gasteiger partial charge is 0.339 e. The summed E-state index contributed by atoms with van der Waals surface area (Å²) in [7, 11) is -2.83. The van der Waals surface area contributed by atoms with E-state index >= 15 is 0 Å². The molecular weight excluding hydrogens is 306 g/mol. The molecule has 0 N–H and O–H groups in total. The fourth-order valence-electron chi connectivity index (χ4n) is 1.97. The van der Waals surface area contributed by atoms with E-state index in [-0.39, 0.29) is 10.5 Å². The fourth-order valence-corrected chi connectivity index (χ4v) is 3.28. The summed E-state index contributed by atoms with van der Waals surface area (Å²) in [5, 5.41) is 0. The molecule has 0 aliphatic heterocycles. The molecule has 117 valence electrons. The monoisotopic (exact) mass is 322 g/mol. The number of esters is 1. The number of hydrogen-bond acceptors (Lipinski definition) is 5. The van der Waals surface area contributed by atoms with Crippen LogP contribution in [0.5, 0.6) is 0 Å². The van der Waals surface area contributed by atoms with Crippen LogP contribution in [0.1, 0.15) is 34.8 Å². The summed E-state index contributed by atoms with van der Waals surface area (Å²) >= 11 is 0. The average Bonchev–Trinajstić information content (AvgIpc) is 2.93. The van der Waals surface area contributed by atoms with Crippen LogP contribution in [-0.2, 0) is 14.8 Å². The van der Waals surface area contributed by atoms with Gasteiger partial charge in [-0.25, -0.2) is 13.2 Å². The van der Waals surface area contributed by atoms with Crippen LogP contribution in [0.3, 0.4) is 0 Å². The molecule has 1 radical (unpaired) electrons. The molecule has 1 aromatic carbocycles. The summed E-state index contributed by atoms with van der Waals surface area (Å²) in [6, 6.07) is 8.51. The third-order valence-corrected chi connectivity index (χ3v) is 4.55. The third kappa shape index (κ3) is 3.37. The first-order chi connectivity index (χ1) is 10.3. The van der Waals surface area contributed by atoms with Gasteiger partial charge in [-0.05, 0) is 38.1 Å². The van der Waals surface area contributed by atoms with Gasteiger partial charge in [0.05, 0.1) is 23.6 Å². The van der Waals surface area contributed by atoms with Crippen LogP contribution < -0.4 is 4.72 Å². The normalized spacial score (nSPS) is 12.9. The molecule has 1 heterocycles. The highest BCUT2D eigenvalue weighted by Crippen LogP contribution is 2.23. The van der Waals surface area contributed by atoms with Crippen LogP contribution in [0.15, 0.2) is 45.7 Å². The molecule has 0 amide bonds. The maximum atomic E-state index is 12.4. The number of carbonyl (C=O) groups excluding carboxylic acids is 1. The van der Waals surface area contributed by atoms with E-state index in [1.807, 2.05) is 0 Å². The number of hydrogen-bond donors (Lipinski definition) is 0. The lowest BCUT2D eigenvalue weighted by molar-refractivity contribution is 0.0596. The van der Waals surface area contributed by atoms with E-state index in [2.05, 4.69) is 9.46 Å². The number of methoxy groups -OCH3 is 1. The Hall–Kier alpha value is -2.12. The van der Waals surface area contributed by atoms with Gasteiger partial charge in [0.2, 0.25) is 0 Å². The van der Waals surface area contributed by atoms with Gasteiger partial charge < -0.3 is 9.15 Å². The number of ether oxygens (including phenoxy) is 1. The van der Waals surface area contributed by atoms with Gasteiger partial charge in [0.25, 0.3) is 10.0 Å². The highest BCUT2D eigenvalue weighted by molar-refractivity contribution is 7.89. The van der Waals surface area contributed by atoms with Crippen LogP contribution in [0.2, 0.25) is 0 Å². The zero-order valence-electron chi connectivity index (χ0n) is 12.4. The highest BCUT2D eigenvalue weighted by Gasteiger charge is 2.27. The van der Waals surface area contributed by atoms with Crippen LogP contribution in [0, 0.1) is 6.92 Å². The van der Waals surface area contributed by atoms with Crippen molar-refractivity contribution in [1.82, 2.24) is 4.72 Å². The van der Waals surface area contributed by atoms with Crippen molar-refractivity contribution >= 4 is 16.0 Å². The van der Waals surface area contributed by atoms with E-state index in [0.29, 0.717) is 11.5 Å². The van der Waals surface area contributed by atoms with Crippen LogP contribution in [-0.4, -0.2) is 21.5 Å². The Labute approximate surface area is 129 Å². The molecule has 0 fully saturated rings. The lowest BCUT2D eigenvalue weighted by Gasteiger charge is -2.12. The summed E-state index contributed by atoms with van der Waals surface area (Å²) in [5.74, 6) is 0.386. The number of aryl methyl sites for hydroxylation is 1. The minimum absolute atomic E-state index is 0.0448. The molecule has 7 heteroatoms. The number of rotatable bonds is 5. The Morgan fingerprint density at radius 3 is 2.50 bits per heavy atom. The Morgan fingerprint density at radius 1 is 1.23 bits per heavy atom. The minimum atomic E-state index is -4.02. The molecule has 1 aromatic heterocycles. The van der Waals surface area contributed by atoms with E-state index in [0.717, 1.165) is 0 Å². The summed E-state index contributed by atoms with van der Waals surface area (Å²) in [6.07, 6.45) is 0. The lowest BCUT2D eigenvalue weighted by Crippen LogP contribution is -2.22. The molecule has 6 nitrogen and oxygen atoms in total. The lowest BCUT2D eigenvalue weighted by atomic mass is 10.2. The van der Waals surface area contributed by atoms with Gasteiger partial charge in [-0.2, -0.15) is 0 Å². The maximum absolute atomic E-state index is 12.4. The zero-order valence-corrected chi connectivity index (χ0v) is 13.3. The highest BCUT2D eigenvalue weighted by atomic mass is 32.2. The van der Waals surface area contributed by atoms with Gasteiger partial charge in [0, 0.05) is 0 Å². The second kappa shape index (κ2) is 6.33. The molecule has 22 heavy (non-hydrogen) atoms. The SMILES string of the molecule is COC(=O)c1ccccc1S(=O)(=O)[N]C(C)c1ccc(C)o1. The Balaban J connectivity index is 2.33. The molecule has 0 spiro atoms. The van der Waals surface area contributed by atoms with Crippen molar-refractivity contribution < 1.29 is 22.4 Å². The van der Waals surface area contributed by atoms with Crippen LogP contribution in [0.25, 0.3) is 0 Å². The van der Waals surface area contributed by atoms with Crippen molar-refractivity contribution in [3.05, 3.63) is 53.5 Å². The van der Waals surface area contributed by atoms with Gasteiger partial charge in [0.1, 0.15) is 11.5 Å². The summed E-state index contributed by atoms with van der Waals surface area (Å²) in [5.41, 5.74) is -0.0448. The largest absolute Gasteiger partial charge is 0.465 e. The van der Waals surface area contributed by atoms with Crippen LogP contribution in [0.4, 0.5) is 0 Å². The average molecular weight is 322 g/mol. The number of sulfonamides is 1. The van der Waals surface area contributed by atoms with Crippen molar-refractivity contribution in [1.29, 1.82) is 0 Å². The molecule has 1 unspecified atom stereocenters. The van der Waals surface area contributed by atoms with Crippen LogP contribution >= 0.6 is 0 Å². The number of furan rings is 1. The third-order valence-electron chi connectivity index (χ3n) is 3.04. The number of nitrogens with zero attached hydrogens (tertiary/aromatic N) is 1. The van der Waals surface area contributed by atoms with Gasteiger partial charge in [0.15, 0.2) is 0 Å². The van der Waals surface area contributed by atoms with Gasteiger partial charge >= 0.3 is 5.97 Å². The number of benzene rings is 1.